The summed E-state index contributed by atoms with van der Waals surface area (Å²) in [6, 6.07) is 24.5. The summed E-state index contributed by atoms with van der Waals surface area (Å²) in [6.07, 6.45) is -0.0881. The van der Waals surface area contributed by atoms with Crippen LogP contribution in [0, 0.1) is 0 Å². The molecule has 1 amide bonds. The summed E-state index contributed by atoms with van der Waals surface area (Å²) in [5, 5.41) is 10.5. The third kappa shape index (κ3) is 4.13. The van der Waals surface area contributed by atoms with Gasteiger partial charge in [0.1, 0.15) is 5.39 Å². The van der Waals surface area contributed by atoms with Gasteiger partial charge in [-0.3, -0.25) is 5.32 Å². The number of carbonyl (C=O) groups is 1. The van der Waals surface area contributed by atoms with Crippen LogP contribution in [0.5, 0.6) is 5.88 Å². The van der Waals surface area contributed by atoms with Gasteiger partial charge < -0.3 is 9.47 Å². The standard InChI is InChI=1S/C26H23N5O3/c1-33-24-22-21(15-19-13-8-12-18-11-6-7-14-20(18)19)30-31(16-17-9-4-3-5-10-17)23(22)27-25(28-24)29-26(32)34-2/h3-14H,15-16H2,1-2H3,(H,27,28,29,32). The topological polar surface area (TPSA) is 91.2 Å². The lowest BCUT2D eigenvalue weighted by atomic mass is 10.0. The molecule has 0 fully saturated rings. The van der Waals surface area contributed by atoms with Gasteiger partial charge in [0.25, 0.3) is 0 Å². The predicted molar refractivity (Wildman–Crippen MR) is 130 cm³/mol. The molecule has 5 rings (SSSR count). The lowest BCUT2D eigenvalue weighted by Gasteiger charge is -2.08. The quantitative estimate of drug-likeness (QED) is 0.397. The van der Waals surface area contributed by atoms with Crippen LogP contribution in [0.1, 0.15) is 16.8 Å². The number of hydrogen-bond donors (Lipinski definition) is 1. The molecule has 0 saturated heterocycles. The van der Waals surface area contributed by atoms with Gasteiger partial charge in [-0.05, 0) is 21.9 Å². The number of methoxy groups -OCH3 is 2. The Labute approximate surface area is 196 Å². The molecule has 0 saturated carbocycles. The molecule has 0 aliphatic heterocycles. The summed E-state index contributed by atoms with van der Waals surface area (Å²) in [7, 11) is 2.83. The molecule has 0 unspecified atom stereocenters. The molecule has 0 radical (unpaired) electrons. The fraction of sp³-hybridized carbons (Fsp3) is 0.154. The van der Waals surface area contributed by atoms with E-state index >= 15 is 0 Å². The molecule has 0 bridgehead atoms. The second-order valence-corrected chi connectivity index (χ2v) is 7.78. The molecule has 0 atom stereocenters. The lowest BCUT2D eigenvalue weighted by molar-refractivity contribution is 0.186. The Morgan fingerprint density at radius 1 is 0.941 bits per heavy atom. The Morgan fingerprint density at radius 3 is 2.50 bits per heavy atom. The maximum atomic E-state index is 11.8. The number of aromatic nitrogens is 4. The van der Waals surface area contributed by atoms with Crippen molar-refractivity contribution >= 4 is 33.8 Å². The van der Waals surface area contributed by atoms with Crippen molar-refractivity contribution in [3.05, 3.63) is 89.6 Å². The molecule has 2 heterocycles. The summed E-state index contributed by atoms with van der Waals surface area (Å²) in [6.45, 7) is 0.505. The number of carbonyl (C=O) groups excluding carboxylic acids is 1. The zero-order chi connectivity index (χ0) is 23.5. The lowest BCUT2D eigenvalue weighted by Crippen LogP contribution is -2.14. The van der Waals surface area contributed by atoms with Gasteiger partial charge in [0.2, 0.25) is 11.8 Å². The number of rotatable bonds is 6. The van der Waals surface area contributed by atoms with Gasteiger partial charge in [-0.25, -0.2) is 9.48 Å². The monoisotopic (exact) mass is 453 g/mol. The molecule has 5 aromatic rings. The van der Waals surface area contributed by atoms with Gasteiger partial charge in [-0.15, -0.1) is 0 Å². The zero-order valence-corrected chi connectivity index (χ0v) is 18.9. The van der Waals surface area contributed by atoms with Crippen LogP contribution in [0.25, 0.3) is 21.8 Å². The summed E-state index contributed by atoms with van der Waals surface area (Å²) in [5.74, 6) is 0.424. The number of ether oxygens (including phenoxy) is 2. The van der Waals surface area contributed by atoms with Crippen molar-refractivity contribution in [2.24, 2.45) is 0 Å². The van der Waals surface area contributed by atoms with Crippen LogP contribution in [0.15, 0.2) is 72.8 Å². The van der Waals surface area contributed by atoms with E-state index in [0.717, 1.165) is 16.8 Å². The fourth-order valence-corrected chi connectivity index (χ4v) is 4.07. The van der Waals surface area contributed by atoms with E-state index in [1.807, 2.05) is 53.2 Å². The summed E-state index contributed by atoms with van der Waals surface area (Å²) >= 11 is 0. The van der Waals surface area contributed by atoms with E-state index in [1.54, 1.807) is 7.11 Å². The van der Waals surface area contributed by atoms with Crippen LogP contribution in [-0.4, -0.2) is 40.1 Å². The number of anilines is 1. The van der Waals surface area contributed by atoms with Crippen LogP contribution in [0.2, 0.25) is 0 Å². The highest BCUT2D eigenvalue weighted by molar-refractivity contribution is 5.90. The minimum absolute atomic E-state index is 0.0853. The van der Waals surface area contributed by atoms with Crippen LogP contribution >= 0.6 is 0 Å². The molecule has 34 heavy (non-hydrogen) atoms. The molecule has 2 aromatic heterocycles. The van der Waals surface area contributed by atoms with Crippen LogP contribution in [0.4, 0.5) is 10.7 Å². The van der Waals surface area contributed by atoms with E-state index in [0.29, 0.717) is 29.9 Å². The number of benzene rings is 3. The Bertz CT molecular complexity index is 1480. The van der Waals surface area contributed by atoms with Crippen molar-refractivity contribution in [3.8, 4) is 5.88 Å². The predicted octanol–water partition coefficient (Wildman–Crippen LogP) is 4.81. The Hall–Kier alpha value is -4.46. The number of fused-ring (bicyclic) bond motifs is 2. The van der Waals surface area contributed by atoms with Crippen molar-refractivity contribution < 1.29 is 14.3 Å². The van der Waals surface area contributed by atoms with Gasteiger partial charge in [0.05, 0.1) is 26.5 Å². The number of nitrogens with zero attached hydrogens (tertiary/aromatic N) is 4. The third-order valence-corrected chi connectivity index (χ3v) is 5.64. The molecule has 0 aliphatic carbocycles. The smallest absolute Gasteiger partial charge is 0.413 e. The molecular weight excluding hydrogens is 430 g/mol. The molecule has 0 aliphatic rings. The Morgan fingerprint density at radius 2 is 1.71 bits per heavy atom. The highest BCUT2D eigenvalue weighted by atomic mass is 16.5. The number of amides is 1. The maximum absolute atomic E-state index is 11.8. The number of hydrogen-bond acceptors (Lipinski definition) is 6. The first-order chi connectivity index (χ1) is 16.7. The van der Waals surface area contributed by atoms with Crippen LogP contribution in [-0.2, 0) is 17.7 Å². The summed E-state index contributed by atoms with van der Waals surface area (Å²) in [5.41, 5.74) is 3.58. The van der Waals surface area contributed by atoms with E-state index in [9.17, 15) is 4.79 Å². The van der Waals surface area contributed by atoms with Gasteiger partial charge in [-0.2, -0.15) is 15.1 Å². The largest absolute Gasteiger partial charge is 0.480 e. The zero-order valence-electron chi connectivity index (χ0n) is 18.9. The fourth-order valence-electron chi connectivity index (χ4n) is 4.07. The second-order valence-electron chi connectivity index (χ2n) is 7.78. The van der Waals surface area contributed by atoms with Crippen molar-refractivity contribution in [3.63, 3.8) is 0 Å². The van der Waals surface area contributed by atoms with Crippen molar-refractivity contribution in [1.29, 1.82) is 0 Å². The second kappa shape index (κ2) is 9.19. The van der Waals surface area contributed by atoms with Crippen LogP contribution in [0.3, 0.4) is 0 Å². The van der Waals surface area contributed by atoms with Gasteiger partial charge in [0.15, 0.2) is 5.65 Å². The SMILES string of the molecule is COC(=O)Nc1nc(OC)c2c(Cc3cccc4ccccc34)nn(Cc3ccccc3)c2n1. The Kier molecular flexibility index (Phi) is 5.78. The van der Waals surface area contributed by atoms with Crippen molar-refractivity contribution in [2.75, 3.05) is 19.5 Å². The molecule has 1 N–H and O–H groups in total. The van der Waals surface area contributed by atoms with E-state index in [2.05, 4.69) is 39.6 Å². The highest BCUT2D eigenvalue weighted by Crippen LogP contribution is 2.31. The first kappa shape index (κ1) is 21.4. The highest BCUT2D eigenvalue weighted by Gasteiger charge is 2.21. The molecular formula is C26H23N5O3. The average molecular weight is 454 g/mol. The van der Waals surface area contributed by atoms with Gasteiger partial charge in [0, 0.05) is 6.42 Å². The minimum Gasteiger partial charge on any atom is -0.480 e. The van der Waals surface area contributed by atoms with E-state index in [1.165, 1.54) is 17.9 Å². The Balaban J connectivity index is 1.66. The summed E-state index contributed by atoms with van der Waals surface area (Å²) < 4.78 is 12.1. The van der Waals surface area contributed by atoms with E-state index in [-0.39, 0.29) is 5.95 Å². The average Bonchev–Trinajstić information content (AvgIpc) is 3.21. The third-order valence-electron chi connectivity index (χ3n) is 5.64. The molecule has 8 heteroatoms. The summed E-state index contributed by atoms with van der Waals surface area (Å²) in [4.78, 5) is 20.8. The first-order valence-electron chi connectivity index (χ1n) is 10.8. The molecule has 3 aromatic carbocycles. The van der Waals surface area contributed by atoms with Gasteiger partial charge in [-0.1, -0.05) is 72.8 Å². The maximum Gasteiger partial charge on any atom is 0.413 e. The van der Waals surface area contributed by atoms with E-state index in [4.69, 9.17) is 14.6 Å². The van der Waals surface area contributed by atoms with Crippen LogP contribution < -0.4 is 10.1 Å². The first-order valence-corrected chi connectivity index (χ1v) is 10.8. The van der Waals surface area contributed by atoms with Crippen molar-refractivity contribution in [2.45, 2.75) is 13.0 Å². The number of nitrogens with one attached hydrogen (secondary N) is 1. The molecule has 8 nitrogen and oxygen atoms in total. The van der Waals surface area contributed by atoms with Crippen molar-refractivity contribution in [1.82, 2.24) is 19.7 Å². The molecule has 0 spiro atoms. The van der Waals surface area contributed by atoms with E-state index < -0.39 is 6.09 Å². The molecule has 170 valence electrons. The van der Waals surface area contributed by atoms with Gasteiger partial charge >= 0.3 is 6.09 Å². The normalized spacial score (nSPS) is 11.0. The minimum atomic E-state index is -0.661.